The Balaban J connectivity index is 1.32. The van der Waals surface area contributed by atoms with E-state index in [1.54, 1.807) is 18.2 Å². The highest BCUT2D eigenvalue weighted by Crippen LogP contribution is 2.32. The van der Waals surface area contributed by atoms with E-state index in [2.05, 4.69) is 10.2 Å². The molecule has 148 valence electrons. The van der Waals surface area contributed by atoms with Gasteiger partial charge in [-0.05, 0) is 43.3 Å². The average Bonchev–Trinajstić information content (AvgIpc) is 2.74. The maximum atomic E-state index is 13.1. The first-order chi connectivity index (χ1) is 13.6. The highest BCUT2D eigenvalue weighted by atomic mass is 19.1. The van der Waals surface area contributed by atoms with Crippen LogP contribution in [-0.4, -0.2) is 51.3 Å². The Morgan fingerprint density at radius 2 is 1.75 bits per heavy atom. The number of nitrogens with zero attached hydrogens (tertiary/aromatic N) is 1. The van der Waals surface area contributed by atoms with Crippen LogP contribution in [0.25, 0.3) is 0 Å². The van der Waals surface area contributed by atoms with Gasteiger partial charge in [-0.1, -0.05) is 0 Å². The number of benzene rings is 2. The van der Waals surface area contributed by atoms with Gasteiger partial charge in [-0.25, -0.2) is 4.39 Å². The van der Waals surface area contributed by atoms with Crippen LogP contribution in [0, 0.1) is 5.82 Å². The Bertz CT molecular complexity index is 835. The van der Waals surface area contributed by atoms with E-state index in [9.17, 15) is 9.18 Å². The molecule has 0 unspecified atom stereocenters. The third kappa shape index (κ3) is 4.04. The van der Waals surface area contributed by atoms with Crippen molar-refractivity contribution < 1.29 is 23.6 Å². The first-order valence-corrected chi connectivity index (χ1v) is 9.66. The van der Waals surface area contributed by atoms with Crippen LogP contribution in [0.5, 0.6) is 11.5 Å². The molecule has 1 saturated heterocycles. The topological polar surface area (TPSA) is 55.2 Å². The monoisotopic (exact) mass is 386 g/mol. The van der Waals surface area contributed by atoms with Gasteiger partial charge < -0.3 is 24.6 Å². The van der Waals surface area contributed by atoms with E-state index < -0.39 is 0 Å². The van der Waals surface area contributed by atoms with E-state index in [4.69, 9.17) is 9.47 Å². The number of rotatable bonds is 4. The normalized spacial score (nSPS) is 17.9. The Labute approximate surface area is 163 Å². The molecular weight excluding hydrogens is 361 g/mol. The molecule has 4 rings (SSSR count). The van der Waals surface area contributed by atoms with Crippen molar-refractivity contribution in [1.82, 2.24) is 0 Å². The molecule has 6 nitrogen and oxygen atoms in total. The van der Waals surface area contributed by atoms with Crippen LogP contribution in [0.1, 0.15) is 6.92 Å². The lowest BCUT2D eigenvalue weighted by atomic mass is 10.2. The lowest BCUT2D eigenvalue weighted by molar-refractivity contribution is -0.914. The van der Waals surface area contributed by atoms with Crippen molar-refractivity contribution in [2.24, 2.45) is 0 Å². The first-order valence-electron chi connectivity index (χ1n) is 9.66. The Kier molecular flexibility index (Phi) is 5.34. The summed E-state index contributed by atoms with van der Waals surface area (Å²) in [4.78, 5) is 16.2. The summed E-state index contributed by atoms with van der Waals surface area (Å²) in [7, 11) is 0. The molecule has 28 heavy (non-hydrogen) atoms. The van der Waals surface area contributed by atoms with Gasteiger partial charge in [0.25, 0.3) is 5.91 Å². The molecule has 0 bridgehead atoms. The highest BCUT2D eigenvalue weighted by Gasteiger charge is 2.29. The molecule has 2 aliphatic heterocycles. The summed E-state index contributed by atoms with van der Waals surface area (Å²) in [5.41, 5.74) is 1.74. The smallest absolute Gasteiger partial charge is 0.282 e. The van der Waals surface area contributed by atoms with Crippen molar-refractivity contribution in [1.29, 1.82) is 0 Å². The van der Waals surface area contributed by atoms with E-state index in [-0.39, 0.29) is 17.8 Å². The zero-order chi connectivity index (χ0) is 19.5. The van der Waals surface area contributed by atoms with Crippen LogP contribution in [0.15, 0.2) is 42.5 Å². The van der Waals surface area contributed by atoms with E-state index in [1.807, 2.05) is 19.1 Å². The third-order valence-electron chi connectivity index (χ3n) is 5.41. The predicted octanol–water partition coefficient (Wildman–Crippen LogP) is 1.33. The molecule has 0 spiro atoms. The number of hydrogen-bond donors (Lipinski definition) is 2. The quantitative estimate of drug-likeness (QED) is 0.833. The minimum Gasteiger partial charge on any atom is -0.486 e. The second-order valence-electron chi connectivity index (χ2n) is 7.19. The number of carbonyl (C=O) groups is 1. The van der Waals surface area contributed by atoms with E-state index in [0.29, 0.717) is 30.4 Å². The molecule has 1 amide bonds. The number of nitrogens with one attached hydrogen (secondary N) is 2. The summed E-state index contributed by atoms with van der Waals surface area (Å²) < 4.78 is 24.2. The molecule has 0 aliphatic carbocycles. The molecule has 7 heteroatoms. The summed E-state index contributed by atoms with van der Waals surface area (Å²) in [5, 5.41) is 2.99. The summed E-state index contributed by atoms with van der Waals surface area (Å²) in [6.07, 6.45) is 0. The van der Waals surface area contributed by atoms with Gasteiger partial charge in [0.1, 0.15) is 19.0 Å². The average molecular weight is 386 g/mol. The zero-order valence-electron chi connectivity index (χ0n) is 15.9. The van der Waals surface area contributed by atoms with Gasteiger partial charge in [-0.15, -0.1) is 0 Å². The minimum atomic E-state index is -0.225. The van der Waals surface area contributed by atoms with E-state index >= 15 is 0 Å². The van der Waals surface area contributed by atoms with Crippen molar-refractivity contribution in [3.63, 3.8) is 0 Å². The number of piperazine rings is 1. The van der Waals surface area contributed by atoms with Gasteiger partial charge in [-0.2, -0.15) is 0 Å². The third-order valence-corrected chi connectivity index (χ3v) is 5.41. The van der Waals surface area contributed by atoms with Crippen molar-refractivity contribution in [3.8, 4) is 11.5 Å². The van der Waals surface area contributed by atoms with Crippen LogP contribution in [0.2, 0.25) is 0 Å². The molecule has 1 fully saturated rings. The van der Waals surface area contributed by atoms with Crippen LogP contribution in [0.4, 0.5) is 15.8 Å². The summed E-state index contributed by atoms with van der Waals surface area (Å²) in [6, 6.07) is 11.9. The largest absolute Gasteiger partial charge is 0.486 e. The lowest BCUT2D eigenvalue weighted by Gasteiger charge is -2.36. The van der Waals surface area contributed by atoms with Crippen LogP contribution >= 0.6 is 0 Å². The fourth-order valence-electron chi connectivity index (χ4n) is 3.69. The van der Waals surface area contributed by atoms with Crippen molar-refractivity contribution in [2.45, 2.75) is 13.0 Å². The molecule has 0 saturated carbocycles. The molecule has 2 heterocycles. The van der Waals surface area contributed by atoms with Crippen LogP contribution in [-0.2, 0) is 4.79 Å². The fourth-order valence-corrected chi connectivity index (χ4v) is 3.69. The van der Waals surface area contributed by atoms with Gasteiger partial charge in [0, 0.05) is 17.4 Å². The maximum absolute atomic E-state index is 13.1. The Hall–Kier alpha value is -2.80. The zero-order valence-corrected chi connectivity index (χ0v) is 15.9. The number of carbonyl (C=O) groups excluding carboxylic acids is 1. The maximum Gasteiger partial charge on any atom is 0.282 e. The second-order valence-corrected chi connectivity index (χ2v) is 7.19. The Morgan fingerprint density at radius 1 is 1.07 bits per heavy atom. The molecule has 2 aromatic rings. The van der Waals surface area contributed by atoms with Gasteiger partial charge in [0.2, 0.25) is 0 Å². The molecular formula is C21H25FN3O3+. The van der Waals surface area contributed by atoms with Crippen LogP contribution < -0.4 is 24.6 Å². The number of ether oxygens (including phenoxy) is 2. The number of quaternary nitrogens is 1. The van der Waals surface area contributed by atoms with E-state index in [0.717, 1.165) is 31.9 Å². The number of amides is 1. The van der Waals surface area contributed by atoms with Gasteiger partial charge in [0.15, 0.2) is 17.5 Å². The van der Waals surface area contributed by atoms with Crippen molar-refractivity contribution in [2.75, 3.05) is 49.6 Å². The standard InChI is InChI=1S/C21H24FN3O3/c1-15(21(26)23-17-4-7-19-20(14-17)28-13-12-27-19)24-8-10-25(11-9-24)18-5-2-16(22)3-6-18/h2-7,14-15H,8-13H2,1H3,(H,23,26)/p+1/t15-/m1/s1. The Morgan fingerprint density at radius 3 is 2.46 bits per heavy atom. The van der Waals surface area contributed by atoms with Gasteiger partial charge >= 0.3 is 0 Å². The minimum absolute atomic E-state index is 0.0121. The van der Waals surface area contributed by atoms with Crippen LogP contribution in [0.3, 0.4) is 0 Å². The SMILES string of the molecule is C[C@H](C(=O)Nc1ccc2c(c1)OCCO2)[NH+]1CCN(c2ccc(F)cc2)CC1. The molecule has 2 aliphatic rings. The predicted molar refractivity (Wildman–Crippen MR) is 105 cm³/mol. The number of halogens is 1. The molecule has 2 aromatic carbocycles. The molecule has 2 N–H and O–H groups in total. The highest BCUT2D eigenvalue weighted by molar-refractivity contribution is 5.94. The molecule has 0 aromatic heterocycles. The fraction of sp³-hybridized carbons (Fsp3) is 0.381. The van der Waals surface area contributed by atoms with Gasteiger partial charge in [-0.3, -0.25) is 4.79 Å². The molecule has 0 radical (unpaired) electrons. The summed E-state index contributed by atoms with van der Waals surface area (Å²) >= 11 is 0. The molecule has 1 atom stereocenters. The summed E-state index contributed by atoms with van der Waals surface area (Å²) in [6.45, 7) is 6.40. The van der Waals surface area contributed by atoms with Crippen molar-refractivity contribution in [3.05, 3.63) is 48.3 Å². The first kappa shape index (κ1) is 18.6. The van der Waals surface area contributed by atoms with Gasteiger partial charge in [0.05, 0.1) is 26.2 Å². The number of anilines is 2. The number of fused-ring (bicyclic) bond motifs is 1. The van der Waals surface area contributed by atoms with Crippen molar-refractivity contribution >= 4 is 17.3 Å². The second kappa shape index (κ2) is 8.06. The lowest BCUT2D eigenvalue weighted by Crippen LogP contribution is -3.19. The summed E-state index contributed by atoms with van der Waals surface area (Å²) in [5.74, 6) is 1.14. The number of hydrogen-bond acceptors (Lipinski definition) is 4. The van der Waals surface area contributed by atoms with E-state index in [1.165, 1.54) is 17.0 Å².